The lowest BCUT2D eigenvalue weighted by Gasteiger charge is -2.04. The van der Waals surface area contributed by atoms with Gasteiger partial charge in [0, 0.05) is 33.9 Å². The van der Waals surface area contributed by atoms with Gasteiger partial charge in [-0.05, 0) is 42.5 Å². The summed E-state index contributed by atoms with van der Waals surface area (Å²) in [4.78, 5) is 20.9. The van der Waals surface area contributed by atoms with Crippen molar-refractivity contribution in [2.75, 3.05) is 5.32 Å². The van der Waals surface area contributed by atoms with Crippen LogP contribution in [0.5, 0.6) is 0 Å². The van der Waals surface area contributed by atoms with Crippen LogP contribution in [0.3, 0.4) is 0 Å². The second-order valence-electron chi connectivity index (χ2n) is 5.36. The summed E-state index contributed by atoms with van der Waals surface area (Å²) in [5.74, 6) is 0. The molecule has 7 nitrogen and oxygen atoms in total. The number of rotatable bonds is 5. The summed E-state index contributed by atoms with van der Waals surface area (Å²) in [6, 6.07) is 16.3. The van der Waals surface area contributed by atoms with Crippen LogP contribution < -0.4 is 5.32 Å². The van der Waals surface area contributed by atoms with Crippen LogP contribution in [0.15, 0.2) is 81.2 Å². The molecule has 26 heavy (non-hydrogen) atoms. The number of nitrogens with zero attached hydrogens (tertiary/aromatic N) is 3. The molecule has 1 N–H and O–H groups in total. The Morgan fingerprint density at radius 1 is 1.00 bits per heavy atom. The van der Waals surface area contributed by atoms with E-state index in [9.17, 15) is 10.1 Å². The van der Waals surface area contributed by atoms with Crippen molar-refractivity contribution < 1.29 is 9.34 Å². The topological polar surface area (TPSA) is 94.1 Å². The summed E-state index contributed by atoms with van der Waals surface area (Å²) >= 11 is 1.64. The van der Waals surface area contributed by atoms with Crippen molar-refractivity contribution >= 4 is 40.3 Å². The van der Waals surface area contributed by atoms with Crippen molar-refractivity contribution in [1.82, 2.24) is 9.97 Å². The maximum Gasteiger partial charge on any atom is 0.300 e. The molecule has 2 heterocycles. The largest absolute Gasteiger partial charge is 0.423 e. The van der Waals surface area contributed by atoms with Crippen molar-refractivity contribution in [2.24, 2.45) is 0 Å². The minimum Gasteiger partial charge on any atom is -0.423 e. The summed E-state index contributed by atoms with van der Waals surface area (Å²) in [6.07, 6.45) is 3.52. The Hall–Kier alpha value is -3.39. The zero-order valence-corrected chi connectivity index (χ0v) is 14.1. The van der Waals surface area contributed by atoms with Crippen LogP contribution in [-0.2, 0) is 0 Å². The Kier molecular flexibility index (Phi) is 4.24. The van der Waals surface area contributed by atoms with Crippen molar-refractivity contribution in [3.8, 4) is 0 Å². The van der Waals surface area contributed by atoms with Gasteiger partial charge in [0.2, 0.25) is 0 Å². The molecule has 0 aliphatic heterocycles. The number of hydrogen-bond donors (Lipinski definition) is 1. The van der Waals surface area contributed by atoms with E-state index in [-0.39, 0.29) is 11.7 Å². The number of aromatic nitrogens is 2. The zero-order valence-electron chi connectivity index (χ0n) is 13.3. The van der Waals surface area contributed by atoms with Crippen molar-refractivity contribution in [3.63, 3.8) is 0 Å². The molecule has 0 saturated carbocycles. The van der Waals surface area contributed by atoms with E-state index in [1.165, 1.54) is 12.1 Å². The summed E-state index contributed by atoms with van der Waals surface area (Å²) in [7, 11) is 0. The molecular formula is C18H12N4O3S. The second kappa shape index (κ2) is 6.85. The normalized spacial score (nSPS) is 10.8. The molecule has 0 fully saturated rings. The fourth-order valence-corrected chi connectivity index (χ4v) is 3.15. The summed E-state index contributed by atoms with van der Waals surface area (Å²) in [5.41, 5.74) is 1.71. The van der Waals surface area contributed by atoms with Gasteiger partial charge < -0.3 is 9.73 Å². The van der Waals surface area contributed by atoms with Crippen LogP contribution in [-0.4, -0.2) is 14.9 Å². The molecule has 4 aromatic rings. The minimum absolute atomic E-state index is 0.0299. The predicted octanol–water partition coefficient (Wildman–Crippen LogP) is 5.03. The Morgan fingerprint density at radius 2 is 1.73 bits per heavy atom. The van der Waals surface area contributed by atoms with Crippen LogP contribution in [0.2, 0.25) is 0 Å². The fraction of sp³-hybridized carbons (Fsp3) is 0. The van der Waals surface area contributed by atoms with E-state index in [0.717, 1.165) is 15.5 Å². The minimum atomic E-state index is -0.464. The van der Waals surface area contributed by atoms with Crippen LogP contribution in [0, 0.1) is 10.1 Å². The van der Waals surface area contributed by atoms with Gasteiger partial charge in [-0.25, -0.2) is 0 Å². The molecule has 0 bridgehead atoms. The van der Waals surface area contributed by atoms with Crippen LogP contribution in [0.25, 0.3) is 11.1 Å². The third kappa shape index (κ3) is 3.50. The van der Waals surface area contributed by atoms with Gasteiger partial charge in [0.25, 0.3) is 11.7 Å². The van der Waals surface area contributed by atoms with E-state index in [4.69, 9.17) is 4.42 Å². The van der Waals surface area contributed by atoms with Crippen LogP contribution in [0.4, 0.5) is 17.4 Å². The molecule has 4 rings (SSSR count). The Labute approximate surface area is 152 Å². The SMILES string of the molecule is O=[N+]([O-])c1ccc2nc(Nc3ccc(Sc4ccncc4)cc3)oc2c1. The molecule has 2 aromatic heterocycles. The highest BCUT2D eigenvalue weighted by Gasteiger charge is 2.11. The zero-order chi connectivity index (χ0) is 17.9. The quantitative estimate of drug-likeness (QED) is 0.392. The Morgan fingerprint density at radius 3 is 2.46 bits per heavy atom. The molecule has 0 aliphatic rings. The molecule has 0 aliphatic carbocycles. The number of anilines is 2. The van der Waals surface area contributed by atoms with Gasteiger partial charge >= 0.3 is 0 Å². The number of hydrogen-bond acceptors (Lipinski definition) is 7. The molecule has 0 radical (unpaired) electrons. The first kappa shape index (κ1) is 16.1. The summed E-state index contributed by atoms with van der Waals surface area (Å²) in [6.45, 7) is 0. The predicted molar refractivity (Wildman–Crippen MR) is 98.7 cm³/mol. The number of oxazole rings is 1. The number of benzene rings is 2. The molecule has 128 valence electrons. The van der Waals surface area contributed by atoms with E-state index in [2.05, 4.69) is 15.3 Å². The first-order valence-electron chi connectivity index (χ1n) is 7.67. The van der Waals surface area contributed by atoms with Gasteiger partial charge in [-0.2, -0.15) is 4.98 Å². The lowest BCUT2D eigenvalue weighted by molar-refractivity contribution is -0.384. The number of nitro groups is 1. The highest BCUT2D eigenvalue weighted by molar-refractivity contribution is 7.99. The summed E-state index contributed by atoms with van der Waals surface area (Å²) in [5, 5.41) is 13.9. The lowest BCUT2D eigenvalue weighted by Crippen LogP contribution is -1.89. The van der Waals surface area contributed by atoms with Crippen LogP contribution in [0.1, 0.15) is 0 Å². The maximum atomic E-state index is 10.8. The maximum absolute atomic E-state index is 10.8. The van der Waals surface area contributed by atoms with Crippen LogP contribution >= 0.6 is 11.8 Å². The van der Waals surface area contributed by atoms with Crippen molar-refractivity contribution in [3.05, 3.63) is 77.1 Å². The lowest BCUT2D eigenvalue weighted by atomic mass is 10.3. The highest BCUT2D eigenvalue weighted by Crippen LogP contribution is 2.29. The molecule has 2 aromatic carbocycles. The standard InChI is InChI=1S/C18H12N4O3S/c23-22(24)13-3-6-16-17(11-13)25-18(21-16)20-12-1-4-14(5-2-12)26-15-7-9-19-10-8-15/h1-11H,(H,20,21). The van der Waals surface area contributed by atoms with E-state index in [0.29, 0.717) is 11.1 Å². The molecular weight excluding hydrogens is 352 g/mol. The molecule has 0 unspecified atom stereocenters. The number of fused-ring (bicyclic) bond motifs is 1. The van der Waals surface area contributed by atoms with Gasteiger partial charge in [-0.3, -0.25) is 15.1 Å². The molecule has 0 saturated heterocycles. The van der Waals surface area contributed by atoms with Gasteiger partial charge in [0.1, 0.15) is 5.52 Å². The fourth-order valence-electron chi connectivity index (χ4n) is 2.35. The number of non-ortho nitro benzene ring substituents is 1. The summed E-state index contributed by atoms with van der Waals surface area (Å²) < 4.78 is 5.55. The molecule has 0 atom stereocenters. The molecule has 0 amide bonds. The number of nitro benzene ring substituents is 1. The highest BCUT2D eigenvalue weighted by atomic mass is 32.2. The van der Waals surface area contributed by atoms with E-state index < -0.39 is 4.92 Å². The Bertz CT molecular complexity index is 1060. The Balaban J connectivity index is 1.50. The second-order valence-corrected chi connectivity index (χ2v) is 6.51. The number of nitrogens with one attached hydrogen (secondary N) is 1. The van der Waals surface area contributed by atoms with Gasteiger partial charge in [0.05, 0.1) is 11.0 Å². The third-order valence-electron chi connectivity index (χ3n) is 3.57. The van der Waals surface area contributed by atoms with E-state index >= 15 is 0 Å². The molecule has 8 heteroatoms. The first-order valence-corrected chi connectivity index (χ1v) is 8.49. The van der Waals surface area contributed by atoms with Crippen molar-refractivity contribution in [1.29, 1.82) is 0 Å². The average Bonchev–Trinajstić information content (AvgIpc) is 3.05. The third-order valence-corrected chi connectivity index (χ3v) is 4.59. The molecule has 0 spiro atoms. The monoisotopic (exact) mass is 364 g/mol. The average molecular weight is 364 g/mol. The van der Waals surface area contributed by atoms with Gasteiger partial charge in [-0.1, -0.05) is 11.8 Å². The van der Waals surface area contributed by atoms with Gasteiger partial charge in [-0.15, -0.1) is 0 Å². The van der Waals surface area contributed by atoms with Crippen molar-refractivity contribution in [2.45, 2.75) is 9.79 Å². The van der Waals surface area contributed by atoms with E-state index in [1.807, 2.05) is 36.4 Å². The van der Waals surface area contributed by atoms with E-state index in [1.54, 1.807) is 30.2 Å². The first-order chi connectivity index (χ1) is 12.7. The smallest absolute Gasteiger partial charge is 0.300 e. The number of pyridine rings is 1. The van der Waals surface area contributed by atoms with Gasteiger partial charge in [0.15, 0.2) is 5.58 Å².